The molecule has 226 valence electrons. The summed E-state index contributed by atoms with van der Waals surface area (Å²) in [5.41, 5.74) is 4.55. The third-order valence-corrected chi connectivity index (χ3v) is 10.9. The first kappa shape index (κ1) is 28.2. The summed E-state index contributed by atoms with van der Waals surface area (Å²) >= 11 is 0. The Hall–Kier alpha value is -4.25. The fourth-order valence-electron chi connectivity index (χ4n) is 9.15. The molecule has 0 spiro atoms. The first-order chi connectivity index (χ1) is 22.2. The van der Waals surface area contributed by atoms with E-state index in [9.17, 15) is 0 Å². The van der Waals surface area contributed by atoms with Crippen LogP contribution in [0.15, 0.2) is 133 Å². The van der Waals surface area contributed by atoms with Gasteiger partial charge in [0.05, 0.1) is 0 Å². The third kappa shape index (κ3) is 5.07. The molecule has 1 aliphatic carbocycles. The first-order valence-electron chi connectivity index (χ1n) is 16.6. The van der Waals surface area contributed by atoms with Crippen LogP contribution in [0.5, 0.6) is 0 Å². The molecule has 4 nitrogen and oxygen atoms in total. The van der Waals surface area contributed by atoms with E-state index < -0.39 is 5.54 Å². The molecule has 4 aliphatic rings. The van der Waals surface area contributed by atoms with Gasteiger partial charge in [0.15, 0.2) is 0 Å². The van der Waals surface area contributed by atoms with Crippen molar-refractivity contribution in [2.75, 3.05) is 13.1 Å². The molecular formula is C41H41N3O. The molecule has 3 heterocycles. The molecule has 5 aromatic rings. The van der Waals surface area contributed by atoms with Crippen molar-refractivity contribution in [3.05, 3.63) is 156 Å². The monoisotopic (exact) mass is 591 g/mol. The molecule has 5 atom stereocenters. The second-order valence-electron chi connectivity index (χ2n) is 13.4. The number of amides is 1. The molecule has 45 heavy (non-hydrogen) atoms. The van der Waals surface area contributed by atoms with Crippen molar-refractivity contribution in [2.45, 2.75) is 44.1 Å². The second kappa shape index (κ2) is 11.9. The van der Waals surface area contributed by atoms with Crippen LogP contribution in [0.1, 0.15) is 28.7 Å². The molecule has 1 saturated carbocycles. The highest BCUT2D eigenvalue weighted by Gasteiger charge is 2.70. The van der Waals surface area contributed by atoms with Gasteiger partial charge in [-0.1, -0.05) is 133 Å². The lowest BCUT2D eigenvalue weighted by molar-refractivity contribution is -0.162. The van der Waals surface area contributed by atoms with E-state index in [1.807, 2.05) is 6.07 Å². The van der Waals surface area contributed by atoms with Gasteiger partial charge in [-0.2, -0.15) is 0 Å². The van der Waals surface area contributed by atoms with Gasteiger partial charge in [-0.3, -0.25) is 14.6 Å². The third-order valence-electron chi connectivity index (χ3n) is 10.9. The quantitative estimate of drug-likeness (QED) is 0.199. The molecule has 0 radical (unpaired) electrons. The molecule has 0 aromatic heterocycles. The molecule has 4 heteroatoms. The Morgan fingerprint density at radius 1 is 0.689 bits per heavy atom. The molecule has 3 aliphatic heterocycles. The van der Waals surface area contributed by atoms with Crippen LogP contribution < -0.4 is 5.32 Å². The van der Waals surface area contributed by atoms with Gasteiger partial charge in [0, 0.05) is 44.7 Å². The Balaban J connectivity index is 1.22. The molecular weight excluding hydrogens is 550 g/mol. The molecule has 5 unspecified atom stereocenters. The maximum Gasteiger partial charge on any atom is 0.242 e. The summed E-state index contributed by atoms with van der Waals surface area (Å²) in [7, 11) is 0. The minimum absolute atomic E-state index is 0.119. The zero-order chi connectivity index (χ0) is 30.2. The highest BCUT2D eigenvalue weighted by Crippen LogP contribution is 2.58. The minimum Gasteiger partial charge on any atom is -0.350 e. The van der Waals surface area contributed by atoms with Gasteiger partial charge in [-0.15, -0.1) is 0 Å². The highest BCUT2D eigenvalue weighted by atomic mass is 16.2. The van der Waals surface area contributed by atoms with Crippen molar-refractivity contribution in [1.29, 1.82) is 0 Å². The lowest BCUT2D eigenvalue weighted by Gasteiger charge is -2.61. The summed E-state index contributed by atoms with van der Waals surface area (Å²) < 4.78 is 0. The number of likely N-dealkylation sites (tertiary alicyclic amines) is 1. The van der Waals surface area contributed by atoms with Crippen LogP contribution in [0.2, 0.25) is 0 Å². The number of piperidine rings is 2. The van der Waals surface area contributed by atoms with E-state index in [-0.39, 0.29) is 17.9 Å². The van der Waals surface area contributed by atoms with E-state index in [0.29, 0.717) is 18.4 Å². The SMILES string of the molecule is O=C(NCc1ccccc1)C12C3CC(CN1Cc1ccccc1)C(Cc1ccccc1)C2N(Cc1cccc2ccccc12)C3. The zero-order valence-corrected chi connectivity index (χ0v) is 25.8. The minimum atomic E-state index is -0.594. The summed E-state index contributed by atoms with van der Waals surface area (Å²) in [4.78, 5) is 20.3. The van der Waals surface area contributed by atoms with Gasteiger partial charge in [0.25, 0.3) is 0 Å². The van der Waals surface area contributed by atoms with E-state index in [1.54, 1.807) is 0 Å². The Morgan fingerprint density at radius 3 is 2.09 bits per heavy atom. The number of benzene rings is 5. The summed E-state index contributed by atoms with van der Waals surface area (Å²) in [5.74, 6) is 1.43. The van der Waals surface area contributed by atoms with E-state index in [4.69, 9.17) is 0 Å². The van der Waals surface area contributed by atoms with Crippen LogP contribution in [0.4, 0.5) is 0 Å². The lowest BCUT2D eigenvalue weighted by atomic mass is 9.57. The number of nitrogens with zero attached hydrogens (tertiary/aromatic N) is 2. The van der Waals surface area contributed by atoms with E-state index >= 15 is 4.79 Å². The fraction of sp³-hybridized carbons (Fsp3) is 0.293. The molecule has 4 bridgehead atoms. The van der Waals surface area contributed by atoms with Crippen LogP contribution in [0, 0.1) is 17.8 Å². The van der Waals surface area contributed by atoms with Crippen molar-refractivity contribution in [1.82, 2.24) is 15.1 Å². The van der Waals surface area contributed by atoms with Gasteiger partial charge < -0.3 is 5.32 Å². The summed E-state index contributed by atoms with van der Waals surface area (Å²) in [6.45, 7) is 4.10. The molecule has 9 rings (SSSR count). The van der Waals surface area contributed by atoms with Crippen LogP contribution in [-0.2, 0) is 30.8 Å². The van der Waals surface area contributed by atoms with E-state index in [0.717, 1.165) is 44.6 Å². The fourth-order valence-corrected chi connectivity index (χ4v) is 9.15. The van der Waals surface area contributed by atoms with Crippen LogP contribution in [0.3, 0.4) is 0 Å². The average molecular weight is 592 g/mol. The number of hydrogen-bond donors (Lipinski definition) is 1. The topological polar surface area (TPSA) is 35.6 Å². The smallest absolute Gasteiger partial charge is 0.242 e. The summed E-state index contributed by atoms with van der Waals surface area (Å²) in [6, 6.07) is 47.6. The molecule has 1 N–H and O–H groups in total. The molecule has 1 amide bonds. The number of rotatable bonds is 9. The van der Waals surface area contributed by atoms with Crippen LogP contribution in [-0.4, -0.2) is 40.4 Å². The van der Waals surface area contributed by atoms with Gasteiger partial charge in [0.2, 0.25) is 5.91 Å². The number of carbonyl (C=O) groups is 1. The lowest BCUT2D eigenvalue weighted by Crippen LogP contribution is -2.76. The normalized spacial score (nSPS) is 25.9. The number of hydrogen-bond acceptors (Lipinski definition) is 3. The molecule has 3 saturated heterocycles. The van der Waals surface area contributed by atoms with Crippen molar-refractivity contribution in [2.24, 2.45) is 17.8 Å². The first-order valence-corrected chi connectivity index (χ1v) is 16.6. The zero-order valence-electron chi connectivity index (χ0n) is 25.8. The standard InChI is InChI=1S/C41H41N3O/c45-40(42-25-31-15-6-2-7-16-31)41-36-24-35(28-44(41)26-32-17-8-3-9-18-32)38(23-30-13-4-1-5-14-30)39(41)43(29-36)27-34-21-12-20-33-19-10-11-22-37(33)34/h1-22,35-36,38-39H,23-29H2,(H,42,45). The predicted octanol–water partition coefficient (Wildman–Crippen LogP) is 7.09. The number of fused-ring (bicyclic) bond motifs is 2. The number of nitrogens with one attached hydrogen (secondary N) is 1. The van der Waals surface area contributed by atoms with Gasteiger partial charge in [0.1, 0.15) is 5.54 Å². The largest absolute Gasteiger partial charge is 0.350 e. The van der Waals surface area contributed by atoms with Crippen molar-refractivity contribution >= 4 is 16.7 Å². The van der Waals surface area contributed by atoms with Crippen LogP contribution in [0.25, 0.3) is 10.8 Å². The van der Waals surface area contributed by atoms with Gasteiger partial charge in [-0.25, -0.2) is 0 Å². The number of carbonyl (C=O) groups excluding carboxylic acids is 1. The van der Waals surface area contributed by atoms with Crippen molar-refractivity contribution in [3.8, 4) is 0 Å². The van der Waals surface area contributed by atoms with Crippen LogP contribution >= 0.6 is 0 Å². The van der Waals surface area contributed by atoms with E-state index in [1.165, 1.54) is 27.5 Å². The highest BCUT2D eigenvalue weighted by molar-refractivity contribution is 5.89. The average Bonchev–Trinajstić information content (AvgIpc) is 3.35. The Morgan fingerprint density at radius 2 is 1.33 bits per heavy atom. The maximum absolute atomic E-state index is 15.0. The molecule has 5 aromatic carbocycles. The van der Waals surface area contributed by atoms with Crippen molar-refractivity contribution in [3.63, 3.8) is 0 Å². The maximum atomic E-state index is 15.0. The van der Waals surface area contributed by atoms with Gasteiger partial charge >= 0.3 is 0 Å². The Bertz CT molecular complexity index is 1770. The summed E-state index contributed by atoms with van der Waals surface area (Å²) in [5, 5.41) is 6.09. The van der Waals surface area contributed by atoms with Crippen molar-refractivity contribution < 1.29 is 4.79 Å². The van der Waals surface area contributed by atoms with Gasteiger partial charge in [-0.05, 0) is 57.7 Å². The Labute approximate surface area is 266 Å². The predicted molar refractivity (Wildman–Crippen MR) is 181 cm³/mol. The van der Waals surface area contributed by atoms with E-state index in [2.05, 4.69) is 143 Å². The second-order valence-corrected chi connectivity index (χ2v) is 13.4. The molecule has 4 fully saturated rings. The Kier molecular flexibility index (Phi) is 7.48. The summed E-state index contributed by atoms with van der Waals surface area (Å²) in [6.07, 6.45) is 2.10.